The molecule has 0 saturated carbocycles. The van der Waals surface area contributed by atoms with E-state index in [4.69, 9.17) is 4.98 Å². The highest BCUT2D eigenvalue weighted by Crippen LogP contribution is 2.30. The van der Waals surface area contributed by atoms with Gasteiger partial charge in [-0.15, -0.1) is 0 Å². The first-order valence-corrected chi connectivity index (χ1v) is 13.5. The van der Waals surface area contributed by atoms with Crippen LogP contribution in [-0.2, 0) is 21.1 Å². The van der Waals surface area contributed by atoms with Crippen LogP contribution in [0.5, 0.6) is 0 Å². The van der Waals surface area contributed by atoms with E-state index in [1.165, 1.54) is 10.3 Å². The van der Waals surface area contributed by atoms with Crippen LogP contribution in [0.3, 0.4) is 0 Å². The van der Waals surface area contributed by atoms with E-state index in [1.54, 1.807) is 35.6 Å². The molecule has 2 aromatic carbocycles. The molecular formula is C24H29N3O3S2. The minimum absolute atomic E-state index is 0.00673. The van der Waals surface area contributed by atoms with Crippen molar-refractivity contribution in [2.24, 2.45) is 0 Å². The molecule has 32 heavy (non-hydrogen) atoms. The molecule has 1 aliphatic heterocycles. The van der Waals surface area contributed by atoms with Gasteiger partial charge in [-0.05, 0) is 49.6 Å². The lowest BCUT2D eigenvalue weighted by Gasteiger charge is -2.34. The molecule has 1 aromatic heterocycles. The average Bonchev–Trinajstić information content (AvgIpc) is 3.22. The number of aromatic nitrogens is 1. The van der Waals surface area contributed by atoms with E-state index in [-0.39, 0.29) is 18.1 Å². The van der Waals surface area contributed by atoms with E-state index >= 15 is 0 Å². The first-order valence-electron chi connectivity index (χ1n) is 11.1. The van der Waals surface area contributed by atoms with Crippen molar-refractivity contribution in [1.29, 1.82) is 0 Å². The van der Waals surface area contributed by atoms with Gasteiger partial charge in [0.25, 0.3) is 0 Å². The second kappa shape index (κ2) is 9.58. The highest BCUT2D eigenvalue weighted by Gasteiger charge is 2.23. The Morgan fingerprint density at radius 2 is 1.78 bits per heavy atom. The van der Waals surface area contributed by atoms with Crippen molar-refractivity contribution in [2.75, 3.05) is 36.8 Å². The van der Waals surface area contributed by atoms with Crippen LogP contribution in [-0.4, -0.2) is 56.1 Å². The van der Waals surface area contributed by atoms with Gasteiger partial charge in [0.05, 0.1) is 20.9 Å². The second-order valence-electron chi connectivity index (χ2n) is 8.26. The third kappa shape index (κ3) is 5.13. The van der Waals surface area contributed by atoms with E-state index in [2.05, 4.69) is 30.0 Å². The third-order valence-corrected chi connectivity index (χ3v) is 8.83. The summed E-state index contributed by atoms with van der Waals surface area (Å²) in [6, 6.07) is 13.3. The van der Waals surface area contributed by atoms with Gasteiger partial charge in [0.15, 0.2) is 15.0 Å². The number of thiazole rings is 1. The molecule has 6 nitrogen and oxygen atoms in total. The second-order valence-corrected chi connectivity index (χ2v) is 11.4. The number of hydrogen-bond donors (Lipinski definition) is 0. The van der Waals surface area contributed by atoms with Crippen LogP contribution in [0, 0.1) is 6.92 Å². The molecule has 2 heterocycles. The maximum absolute atomic E-state index is 12.6. The van der Waals surface area contributed by atoms with E-state index in [1.807, 2.05) is 11.8 Å². The van der Waals surface area contributed by atoms with Gasteiger partial charge in [0.2, 0.25) is 5.91 Å². The Morgan fingerprint density at radius 3 is 2.47 bits per heavy atom. The molecule has 0 atom stereocenters. The SMILES string of the molecule is CCc1ccc2nc(N3CCN(C(=O)CCCS(=O)(=O)c4ccc(C)cc4)CC3)sc2c1. The molecule has 0 spiro atoms. The number of aryl methyl sites for hydroxylation is 2. The summed E-state index contributed by atoms with van der Waals surface area (Å²) in [5, 5.41) is 1.00. The first-order chi connectivity index (χ1) is 15.4. The summed E-state index contributed by atoms with van der Waals surface area (Å²) in [5.74, 6) is 0.0216. The summed E-state index contributed by atoms with van der Waals surface area (Å²) in [6.07, 6.45) is 1.61. The van der Waals surface area contributed by atoms with Crippen molar-refractivity contribution < 1.29 is 13.2 Å². The summed E-state index contributed by atoms with van der Waals surface area (Å²) in [6.45, 7) is 6.84. The zero-order valence-electron chi connectivity index (χ0n) is 18.6. The van der Waals surface area contributed by atoms with E-state index in [0.717, 1.165) is 35.7 Å². The van der Waals surface area contributed by atoms with Gasteiger partial charge in [0.1, 0.15) is 0 Å². The van der Waals surface area contributed by atoms with E-state index < -0.39 is 9.84 Å². The topological polar surface area (TPSA) is 70.6 Å². The lowest BCUT2D eigenvalue weighted by Crippen LogP contribution is -2.48. The monoisotopic (exact) mass is 471 g/mol. The number of piperazine rings is 1. The van der Waals surface area contributed by atoms with E-state index in [9.17, 15) is 13.2 Å². The smallest absolute Gasteiger partial charge is 0.222 e. The van der Waals surface area contributed by atoms with Gasteiger partial charge in [-0.3, -0.25) is 4.79 Å². The number of anilines is 1. The molecule has 0 radical (unpaired) electrons. The molecular weight excluding hydrogens is 442 g/mol. The minimum Gasteiger partial charge on any atom is -0.345 e. The van der Waals surface area contributed by atoms with Crippen LogP contribution in [0.15, 0.2) is 47.4 Å². The highest BCUT2D eigenvalue weighted by molar-refractivity contribution is 7.91. The summed E-state index contributed by atoms with van der Waals surface area (Å²) in [7, 11) is -3.35. The van der Waals surface area contributed by atoms with E-state index in [0.29, 0.717) is 24.4 Å². The van der Waals surface area contributed by atoms with Crippen molar-refractivity contribution >= 4 is 42.4 Å². The Labute approximate surface area is 193 Å². The number of hydrogen-bond acceptors (Lipinski definition) is 6. The average molecular weight is 472 g/mol. The molecule has 1 saturated heterocycles. The molecule has 0 aliphatic carbocycles. The Hall–Kier alpha value is -2.45. The summed E-state index contributed by atoms with van der Waals surface area (Å²) in [4.78, 5) is 21.8. The van der Waals surface area contributed by atoms with Crippen LogP contribution in [0.1, 0.15) is 30.9 Å². The molecule has 3 aromatic rings. The van der Waals surface area contributed by atoms with Gasteiger partial charge in [-0.2, -0.15) is 0 Å². The van der Waals surface area contributed by atoms with Gasteiger partial charge in [0, 0.05) is 32.6 Å². The predicted octanol–water partition coefficient (Wildman–Crippen LogP) is 4.07. The fraction of sp³-hybridized carbons (Fsp3) is 0.417. The molecule has 1 amide bonds. The number of fused-ring (bicyclic) bond motifs is 1. The number of amides is 1. The van der Waals surface area contributed by atoms with Crippen molar-refractivity contribution in [2.45, 2.75) is 38.0 Å². The van der Waals surface area contributed by atoms with Gasteiger partial charge < -0.3 is 9.80 Å². The lowest BCUT2D eigenvalue weighted by molar-refractivity contribution is -0.131. The Morgan fingerprint density at radius 1 is 1.06 bits per heavy atom. The molecule has 4 rings (SSSR count). The quantitative estimate of drug-likeness (QED) is 0.520. The van der Waals surface area contributed by atoms with Crippen molar-refractivity contribution in [1.82, 2.24) is 9.88 Å². The number of sulfone groups is 1. The fourth-order valence-electron chi connectivity index (χ4n) is 3.89. The third-order valence-electron chi connectivity index (χ3n) is 5.94. The molecule has 8 heteroatoms. The zero-order valence-corrected chi connectivity index (χ0v) is 20.2. The molecule has 0 unspecified atom stereocenters. The van der Waals surface area contributed by atoms with Gasteiger partial charge in [-0.1, -0.05) is 42.0 Å². The molecule has 170 valence electrons. The number of nitrogens with zero attached hydrogens (tertiary/aromatic N) is 3. The predicted molar refractivity (Wildman–Crippen MR) is 130 cm³/mol. The van der Waals surface area contributed by atoms with Crippen LogP contribution in [0.2, 0.25) is 0 Å². The lowest BCUT2D eigenvalue weighted by atomic mass is 10.2. The zero-order chi connectivity index (χ0) is 22.7. The van der Waals surface area contributed by atoms with Crippen LogP contribution >= 0.6 is 11.3 Å². The normalized spacial score (nSPS) is 14.8. The summed E-state index contributed by atoms with van der Waals surface area (Å²) < 4.78 is 26.2. The first kappa shape index (κ1) is 22.7. The number of rotatable bonds is 7. The summed E-state index contributed by atoms with van der Waals surface area (Å²) >= 11 is 1.70. The van der Waals surface area contributed by atoms with Crippen LogP contribution in [0.4, 0.5) is 5.13 Å². The molecule has 1 fully saturated rings. The van der Waals surface area contributed by atoms with Crippen molar-refractivity contribution in [3.63, 3.8) is 0 Å². The Kier molecular flexibility index (Phi) is 6.81. The van der Waals surface area contributed by atoms with Crippen LogP contribution in [0.25, 0.3) is 10.2 Å². The molecule has 0 N–H and O–H groups in total. The highest BCUT2D eigenvalue weighted by atomic mass is 32.2. The maximum Gasteiger partial charge on any atom is 0.222 e. The summed E-state index contributed by atoms with van der Waals surface area (Å²) in [5.41, 5.74) is 3.36. The Balaban J connectivity index is 1.27. The minimum atomic E-state index is -3.35. The largest absolute Gasteiger partial charge is 0.345 e. The number of carbonyl (C=O) groups excluding carboxylic acids is 1. The number of benzene rings is 2. The van der Waals surface area contributed by atoms with Gasteiger partial charge >= 0.3 is 0 Å². The van der Waals surface area contributed by atoms with Crippen molar-refractivity contribution in [3.05, 3.63) is 53.6 Å². The molecule has 0 bridgehead atoms. The Bertz CT molecular complexity index is 1190. The van der Waals surface area contributed by atoms with Gasteiger partial charge in [-0.25, -0.2) is 13.4 Å². The van der Waals surface area contributed by atoms with Crippen LogP contribution < -0.4 is 4.90 Å². The number of carbonyl (C=O) groups is 1. The fourth-order valence-corrected chi connectivity index (χ4v) is 6.29. The molecule has 1 aliphatic rings. The van der Waals surface area contributed by atoms with Crippen molar-refractivity contribution in [3.8, 4) is 0 Å². The standard InChI is InChI=1S/C24H29N3O3S2/c1-3-19-8-11-21-22(17-19)31-24(25-21)27-14-12-26(13-15-27)23(28)5-4-16-32(29,30)20-9-6-18(2)7-10-20/h6-11,17H,3-5,12-16H2,1-2H3. The maximum atomic E-state index is 12.6.